The van der Waals surface area contributed by atoms with Crippen molar-refractivity contribution in [1.29, 1.82) is 0 Å². The Hall–Kier alpha value is -3.15. The van der Waals surface area contributed by atoms with E-state index in [9.17, 15) is 14.4 Å². The van der Waals surface area contributed by atoms with Gasteiger partial charge >= 0.3 is 5.97 Å². The molecule has 1 aliphatic rings. The maximum absolute atomic E-state index is 12.9. The molecule has 1 fully saturated rings. The first-order chi connectivity index (χ1) is 14.0. The molecule has 2 aromatic rings. The predicted molar refractivity (Wildman–Crippen MR) is 111 cm³/mol. The van der Waals surface area contributed by atoms with E-state index < -0.39 is 11.3 Å². The molecule has 0 saturated heterocycles. The number of benzene rings is 2. The van der Waals surface area contributed by atoms with Crippen molar-refractivity contribution in [3.05, 3.63) is 65.7 Å². The van der Waals surface area contributed by atoms with Gasteiger partial charge < -0.3 is 15.4 Å². The van der Waals surface area contributed by atoms with Crippen LogP contribution in [0.2, 0.25) is 0 Å². The second kappa shape index (κ2) is 9.37. The van der Waals surface area contributed by atoms with Crippen molar-refractivity contribution in [2.45, 2.75) is 38.0 Å². The summed E-state index contributed by atoms with van der Waals surface area (Å²) in [6, 6.07) is 16.3. The minimum atomic E-state index is -0.667. The molecule has 1 saturated carbocycles. The van der Waals surface area contributed by atoms with Crippen LogP contribution in [-0.4, -0.2) is 30.9 Å². The fraction of sp³-hybridized carbons (Fsp3) is 0.348. The van der Waals surface area contributed by atoms with E-state index in [1.54, 1.807) is 24.3 Å². The van der Waals surface area contributed by atoms with Crippen LogP contribution in [0.25, 0.3) is 0 Å². The summed E-state index contributed by atoms with van der Waals surface area (Å²) in [6.45, 7) is 2.00. The summed E-state index contributed by atoms with van der Waals surface area (Å²) in [5, 5.41) is 5.39. The molecule has 1 aliphatic carbocycles. The van der Waals surface area contributed by atoms with Crippen LogP contribution >= 0.6 is 0 Å². The first-order valence-corrected chi connectivity index (χ1v) is 9.96. The monoisotopic (exact) mass is 394 g/mol. The van der Waals surface area contributed by atoms with Crippen molar-refractivity contribution >= 4 is 23.5 Å². The fourth-order valence-electron chi connectivity index (χ4n) is 3.81. The Bertz CT molecular complexity index is 873. The molecule has 0 aliphatic heterocycles. The number of amides is 2. The van der Waals surface area contributed by atoms with E-state index in [0.717, 1.165) is 31.2 Å². The van der Waals surface area contributed by atoms with Crippen molar-refractivity contribution in [3.63, 3.8) is 0 Å². The molecule has 0 radical (unpaired) electrons. The molecule has 29 heavy (non-hydrogen) atoms. The first kappa shape index (κ1) is 20.6. The number of rotatable bonds is 7. The third-order valence-electron chi connectivity index (χ3n) is 5.25. The van der Waals surface area contributed by atoms with E-state index in [-0.39, 0.29) is 18.5 Å². The number of anilines is 1. The van der Waals surface area contributed by atoms with E-state index in [1.165, 1.54) is 0 Å². The van der Waals surface area contributed by atoms with E-state index in [4.69, 9.17) is 4.74 Å². The molecule has 6 heteroatoms. The average molecular weight is 394 g/mol. The molecule has 0 heterocycles. The third kappa shape index (κ3) is 4.83. The highest BCUT2D eigenvalue weighted by Gasteiger charge is 2.44. The van der Waals surface area contributed by atoms with E-state index in [1.807, 2.05) is 37.3 Å². The number of ether oxygens (including phenoxy) is 1. The largest absolute Gasteiger partial charge is 0.455 e. The molecule has 0 bridgehead atoms. The fourth-order valence-corrected chi connectivity index (χ4v) is 3.81. The van der Waals surface area contributed by atoms with Gasteiger partial charge in [0.15, 0.2) is 6.61 Å². The quantitative estimate of drug-likeness (QED) is 0.705. The van der Waals surface area contributed by atoms with Gasteiger partial charge in [-0.05, 0) is 43.5 Å². The van der Waals surface area contributed by atoms with Crippen LogP contribution in [0.4, 0.5) is 5.69 Å². The molecule has 2 aromatic carbocycles. The summed E-state index contributed by atoms with van der Waals surface area (Å²) in [5.41, 5.74) is 1.21. The number of hydrogen-bond donors (Lipinski definition) is 2. The Labute approximate surface area is 170 Å². The van der Waals surface area contributed by atoms with E-state index in [2.05, 4.69) is 10.6 Å². The topological polar surface area (TPSA) is 84.5 Å². The number of carbonyl (C=O) groups excluding carboxylic acids is 3. The van der Waals surface area contributed by atoms with Crippen LogP contribution in [-0.2, 0) is 19.7 Å². The molecule has 3 rings (SSSR count). The van der Waals surface area contributed by atoms with Gasteiger partial charge in [0.25, 0.3) is 11.8 Å². The summed E-state index contributed by atoms with van der Waals surface area (Å²) < 4.78 is 5.40. The average Bonchev–Trinajstić information content (AvgIpc) is 3.24. The SMILES string of the molecule is CCNC(=O)c1cccc(NC(=O)COC(=O)C2(c3ccccc3)CCCC2)c1. The molecule has 0 unspecified atom stereocenters. The Morgan fingerprint density at radius 1 is 1.00 bits per heavy atom. The lowest BCUT2D eigenvalue weighted by Gasteiger charge is -2.27. The van der Waals surface area contributed by atoms with Crippen LogP contribution in [0.3, 0.4) is 0 Å². The summed E-state index contributed by atoms with van der Waals surface area (Å²) in [5.74, 6) is -0.999. The zero-order valence-electron chi connectivity index (χ0n) is 16.6. The van der Waals surface area contributed by atoms with Crippen LogP contribution in [0.5, 0.6) is 0 Å². The molecule has 152 valence electrons. The van der Waals surface area contributed by atoms with Gasteiger partial charge in [0.05, 0.1) is 5.41 Å². The van der Waals surface area contributed by atoms with Crippen LogP contribution < -0.4 is 10.6 Å². The van der Waals surface area contributed by atoms with Crippen LogP contribution in [0, 0.1) is 0 Å². The molecular weight excluding hydrogens is 368 g/mol. The van der Waals surface area contributed by atoms with Gasteiger partial charge in [-0.3, -0.25) is 14.4 Å². The highest BCUT2D eigenvalue weighted by Crippen LogP contribution is 2.42. The van der Waals surface area contributed by atoms with Crippen LogP contribution in [0.1, 0.15) is 48.5 Å². The zero-order valence-corrected chi connectivity index (χ0v) is 16.6. The number of carbonyl (C=O) groups is 3. The van der Waals surface area contributed by atoms with Crippen molar-refractivity contribution in [2.24, 2.45) is 0 Å². The van der Waals surface area contributed by atoms with E-state index >= 15 is 0 Å². The van der Waals surface area contributed by atoms with Gasteiger partial charge in [-0.25, -0.2) is 0 Å². The summed E-state index contributed by atoms with van der Waals surface area (Å²) in [6.07, 6.45) is 3.38. The normalized spacial score (nSPS) is 14.8. The van der Waals surface area contributed by atoms with Gasteiger partial charge in [0.1, 0.15) is 0 Å². The predicted octanol–water partition coefficient (Wildman–Crippen LogP) is 3.43. The van der Waals surface area contributed by atoms with Crippen molar-refractivity contribution in [1.82, 2.24) is 5.32 Å². The molecule has 0 atom stereocenters. The van der Waals surface area contributed by atoms with Gasteiger partial charge in [0.2, 0.25) is 0 Å². The van der Waals surface area contributed by atoms with Crippen molar-refractivity contribution < 1.29 is 19.1 Å². The lowest BCUT2D eigenvalue weighted by molar-refractivity contribution is -0.153. The Morgan fingerprint density at radius 3 is 2.41 bits per heavy atom. The van der Waals surface area contributed by atoms with Crippen LogP contribution in [0.15, 0.2) is 54.6 Å². The Balaban J connectivity index is 1.61. The van der Waals surface area contributed by atoms with Gasteiger partial charge in [0, 0.05) is 17.8 Å². The molecule has 2 amide bonds. The second-order valence-corrected chi connectivity index (χ2v) is 7.22. The standard InChI is InChI=1S/C23H26N2O4/c1-2-24-21(27)17-9-8-12-19(15-17)25-20(26)16-29-22(28)23(13-6-7-14-23)18-10-4-3-5-11-18/h3-5,8-12,15H,2,6-7,13-14,16H2,1H3,(H,24,27)(H,25,26). The number of esters is 1. The number of hydrogen-bond acceptors (Lipinski definition) is 4. The van der Waals surface area contributed by atoms with Crippen molar-refractivity contribution in [3.8, 4) is 0 Å². The first-order valence-electron chi connectivity index (χ1n) is 9.96. The van der Waals surface area contributed by atoms with Gasteiger partial charge in [-0.2, -0.15) is 0 Å². The molecule has 0 spiro atoms. The highest BCUT2D eigenvalue weighted by atomic mass is 16.5. The molecule has 0 aromatic heterocycles. The Kier molecular flexibility index (Phi) is 6.65. The van der Waals surface area contributed by atoms with Gasteiger partial charge in [-0.1, -0.05) is 49.2 Å². The zero-order chi connectivity index (χ0) is 20.7. The molecule has 6 nitrogen and oxygen atoms in total. The lowest BCUT2D eigenvalue weighted by atomic mass is 9.79. The summed E-state index contributed by atoms with van der Waals surface area (Å²) in [4.78, 5) is 37.1. The van der Waals surface area contributed by atoms with Crippen molar-refractivity contribution in [2.75, 3.05) is 18.5 Å². The summed E-state index contributed by atoms with van der Waals surface area (Å²) >= 11 is 0. The van der Waals surface area contributed by atoms with Gasteiger partial charge in [-0.15, -0.1) is 0 Å². The maximum atomic E-state index is 12.9. The minimum absolute atomic E-state index is 0.207. The van der Waals surface area contributed by atoms with E-state index in [0.29, 0.717) is 17.8 Å². The molecular formula is C23H26N2O4. The minimum Gasteiger partial charge on any atom is -0.455 e. The lowest BCUT2D eigenvalue weighted by Crippen LogP contribution is -2.36. The highest BCUT2D eigenvalue weighted by molar-refractivity contribution is 5.98. The third-order valence-corrected chi connectivity index (χ3v) is 5.25. The smallest absolute Gasteiger partial charge is 0.317 e. The Morgan fingerprint density at radius 2 is 1.72 bits per heavy atom. The molecule has 2 N–H and O–H groups in total. The maximum Gasteiger partial charge on any atom is 0.317 e. The second-order valence-electron chi connectivity index (χ2n) is 7.22. The number of nitrogens with one attached hydrogen (secondary N) is 2. The summed E-state index contributed by atoms with van der Waals surface area (Å²) in [7, 11) is 0.